The van der Waals surface area contributed by atoms with Gasteiger partial charge in [0.15, 0.2) is 0 Å². The van der Waals surface area contributed by atoms with Gasteiger partial charge in [0.2, 0.25) is 11.1 Å². The Kier molecular flexibility index (Phi) is 7.04. The minimum Gasteiger partial charge on any atom is -0.328 e. The number of anilines is 2. The minimum atomic E-state index is -0.587. The van der Waals surface area contributed by atoms with Crippen LogP contribution in [-0.4, -0.2) is 20.7 Å². The second kappa shape index (κ2) is 10.4. The maximum absolute atomic E-state index is 13.8. The predicted octanol–water partition coefficient (Wildman–Crippen LogP) is 6.91. The van der Waals surface area contributed by atoms with Crippen LogP contribution in [-0.2, 0) is 10.5 Å². The number of amides is 1. The van der Waals surface area contributed by atoms with E-state index in [2.05, 4.69) is 15.6 Å². The Bertz CT molecular complexity index is 1520. The average molecular weight is 534 g/mol. The standard InChI is InChI=1S/C28H25ClFN5OS/c1-16-7-12-23(17(2)13-16)32-26(36)24-18(3)31-27-33-28(37-15-19-5-4-6-21(29)14-19)34-35(27)25(24)20-8-10-22(30)11-9-20/h4-14,25H,15H2,1-3H3,(H,32,36)(H,31,33,34)/t25-/m0/s1. The Hall–Kier alpha value is -3.62. The quantitative estimate of drug-likeness (QED) is 0.263. The Labute approximate surface area is 224 Å². The van der Waals surface area contributed by atoms with E-state index in [0.717, 1.165) is 27.9 Å². The van der Waals surface area contributed by atoms with Crippen LogP contribution in [0.5, 0.6) is 0 Å². The predicted molar refractivity (Wildman–Crippen MR) is 146 cm³/mol. The number of benzene rings is 3. The molecule has 0 saturated carbocycles. The van der Waals surface area contributed by atoms with Crippen molar-refractivity contribution in [3.8, 4) is 0 Å². The lowest BCUT2D eigenvalue weighted by Gasteiger charge is -2.28. The maximum atomic E-state index is 13.8. The van der Waals surface area contributed by atoms with Crippen LogP contribution in [0.4, 0.5) is 16.0 Å². The first-order chi connectivity index (χ1) is 17.8. The zero-order valence-electron chi connectivity index (χ0n) is 20.5. The molecule has 1 aliphatic rings. The van der Waals surface area contributed by atoms with E-state index in [0.29, 0.717) is 33.2 Å². The molecule has 2 heterocycles. The molecule has 0 bridgehead atoms. The molecular formula is C28H25ClFN5OS. The zero-order chi connectivity index (χ0) is 26.1. The number of halogens is 2. The van der Waals surface area contributed by atoms with Gasteiger partial charge in [-0.05, 0) is 67.8 Å². The molecule has 0 unspecified atom stereocenters. The van der Waals surface area contributed by atoms with E-state index in [9.17, 15) is 9.18 Å². The highest BCUT2D eigenvalue weighted by molar-refractivity contribution is 7.98. The van der Waals surface area contributed by atoms with Crippen LogP contribution in [0.15, 0.2) is 83.2 Å². The molecule has 1 amide bonds. The van der Waals surface area contributed by atoms with Gasteiger partial charge >= 0.3 is 0 Å². The zero-order valence-corrected chi connectivity index (χ0v) is 22.1. The van der Waals surface area contributed by atoms with E-state index in [-0.39, 0.29) is 11.7 Å². The summed E-state index contributed by atoms with van der Waals surface area (Å²) in [7, 11) is 0. The van der Waals surface area contributed by atoms with Crippen LogP contribution in [0.2, 0.25) is 5.02 Å². The number of carbonyl (C=O) groups is 1. The monoisotopic (exact) mass is 533 g/mol. The van der Waals surface area contributed by atoms with Gasteiger partial charge in [0, 0.05) is 22.2 Å². The summed E-state index contributed by atoms with van der Waals surface area (Å²) in [5, 5.41) is 12.3. The lowest BCUT2D eigenvalue weighted by Crippen LogP contribution is -2.31. The summed E-state index contributed by atoms with van der Waals surface area (Å²) in [6, 6.07) is 19.1. The van der Waals surface area contributed by atoms with Crippen molar-refractivity contribution in [3.63, 3.8) is 0 Å². The molecule has 37 heavy (non-hydrogen) atoms. The third kappa shape index (κ3) is 5.40. The van der Waals surface area contributed by atoms with Crippen molar-refractivity contribution in [2.75, 3.05) is 10.6 Å². The second-order valence-electron chi connectivity index (χ2n) is 8.97. The number of allylic oxidation sites excluding steroid dienone is 1. The molecule has 9 heteroatoms. The molecule has 1 aliphatic heterocycles. The number of carbonyl (C=O) groups excluding carboxylic acids is 1. The summed E-state index contributed by atoms with van der Waals surface area (Å²) in [6.07, 6.45) is 0. The number of rotatable bonds is 6. The van der Waals surface area contributed by atoms with Crippen LogP contribution in [0.3, 0.4) is 0 Å². The smallest absolute Gasteiger partial charge is 0.255 e. The first-order valence-electron chi connectivity index (χ1n) is 11.7. The number of hydrogen-bond donors (Lipinski definition) is 2. The molecular weight excluding hydrogens is 509 g/mol. The van der Waals surface area contributed by atoms with Crippen molar-refractivity contribution in [3.05, 3.63) is 111 Å². The number of nitrogens with one attached hydrogen (secondary N) is 2. The van der Waals surface area contributed by atoms with Crippen molar-refractivity contribution in [1.82, 2.24) is 14.8 Å². The molecule has 0 spiro atoms. The lowest BCUT2D eigenvalue weighted by molar-refractivity contribution is -0.113. The second-order valence-corrected chi connectivity index (χ2v) is 10.4. The summed E-state index contributed by atoms with van der Waals surface area (Å²) in [5.41, 5.74) is 5.73. The maximum Gasteiger partial charge on any atom is 0.255 e. The summed E-state index contributed by atoms with van der Waals surface area (Å²) in [4.78, 5) is 18.3. The van der Waals surface area contributed by atoms with E-state index < -0.39 is 6.04 Å². The number of thioether (sulfide) groups is 1. The van der Waals surface area contributed by atoms with E-state index >= 15 is 0 Å². The molecule has 3 aromatic carbocycles. The molecule has 0 fully saturated rings. The highest BCUT2D eigenvalue weighted by Gasteiger charge is 2.34. The van der Waals surface area contributed by atoms with Gasteiger partial charge in [0.05, 0.1) is 5.57 Å². The largest absolute Gasteiger partial charge is 0.328 e. The summed E-state index contributed by atoms with van der Waals surface area (Å²) >= 11 is 7.59. The third-order valence-electron chi connectivity index (χ3n) is 6.15. The van der Waals surface area contributed by atoms with Gasteiger partial charge in [-0.3, -0.25) is 4.79 Å². The van der Waals surface area contributed by atoms with Crippen molar-refractivity contribution in [1.29, 1.82) is 0 Å². The molecule has 6 nitrogen and oxygen atoms in total. The van der Waals surface area contributed by atoms with E-state index in [1.807, 2.05) is 63.2 Å². The van der Waals surface area contributed by atoms with Gasteiger partial charge in [-0.15, -0.1) is 5.10 Å². The number of nitrogens with zero attached hydrogens (tertiary/aromatic N) is 3. The summed E-state index contributed by atoms with van der Waals surface area (Å²) in [6.45, 7) is 5.80. The average Bonchev–Trinajstić information content (AvgIpc) is 3.26. The first-order valence-corrected chi connectivity index (χ1v) is 13.1. The van der Waals surface area contributed by atoms with Crippen LogP contribution in [0, 0.1) is 19.7 Å². The Morgan fingerprint density at radius 2 is 1.89 bits per heavy atom. The lowest BCUT2D eigenvalue weighted by atomic mass is 9.95. The highest BCUT2D eigenvalue weighted by Crippen LogP contribution is 2.37. The van der Waals surface area contributed by atoms with Crippen LogP contribution in [0.1, 0.15) is 35.2 Å². The number of fused-ring (bicyclic) bond motifs is 1. The minimum absolute atomic E-state index is 0.263. The van der Waals surface area contributed by atoms with Gasteiger partial charge in [-0.25, -0.2) is 9.07 Å². The van der Waals surface area contributed by atoms with E-state index in [1.165, 1.54) is 23.9 Å². The molecule has 2 N–H and O–H groups in total. The molecule has 0 aliphatic carbocycles. The fourth-order valence-electron chi connectivity index (χ4n) is 4.36. The van der Waals surface area contributed by atoms with Gasteiger partial charge in [-0.2, -0.15) is 4.98 Å². The van der Waals surface area contributed by atoms with Crippen molar-refractivity contribution < 1.29 is 9.18 Å². The normalized spacial score (nSPS) is 14.8. The Balaban J connectivity index is 1.49. The van der Waals surface area contributed by atoms with E-state index in [1.54, 1.807) is 16.8 Å². The van der Waals surface area contributed by atoms with Gasteiger partial charge in [0.25, 0.3) is 5.91 Å². The number of aromatic nitrogens is 3. The van der Waals surface area contributed by atoms with Gasteiger partial charge in [-0.1, -0.05) is 65.3 Å². The molecule has 0 radical (unpaired) electrons. The first kappa shape index (κ1) is 25.0. The van der Waals surface area contributed by atoms with Crippen LogP contribution >= 0.6 is 23.4 Å². The fraction of sp³-hybridized carbons (Fsp3) is 0.179. The topological polar surface area (TPSA) is 71.8 Å². The van der Waals surface area contributed by atoms with Crippen LogP contribution in [0.25, 0.3) is 0 Å². The summed E-state index contributed by atoms with van der Waals surface area (Å²) < 4.78 is 15.5. The number of hydrogen-bond acceptors (Lipinski definition) is 5. The molecule has 0 saturated heterocycles. The van der Waals surface area contributed by atoms with E-state index in [4.69, 9.17) is 16.7 Å². The summed E-state index contributed by atoms with van der Waals surface area (Å²) in [5.74, 6) is 0.540. The third-order valence-corrected chi connectivity index (χ3v) is 7.29. The van der Waals surface area contributed by atoms with Gasteiger partial charge < -0.3 is 10.6 Å². The highest BCUT2D eigenvalue weighted by atomic mass is 35.5. The Morgan fingerprint density at radius 3 is 2.62 bits per heavy atom. The SMILES string of the molecule is CC1=C(C(=O)Nc2ccc(C)cc2C)[C@H](c2ccc(F)cc2)n2nc(SCc3cccc(Cl)c3)nc2N1. The molecule has 4 aromatic rings. The van der Waals surface area contributed by atoms with Crippen LogP contribution < -0.4 is 10.6 Å². The molecule has 1 aromatic heterocycles. The fourth-order valence-corrected chi connectivity index (χ4v) is 5.34. The van der Waals surface area contributed by atoms with Crippen molar-refractivity contribution in [2.45, 2.75) is 37.7 Å². The van der Waals surface area contributed by atoms with Gasteiger partial charge in [0.1, 0.15) is 11.9 Å². The Morgan fingerprint density at radius 1 is 1.11 bits per heavy atom. The molecule has 5 rings (SSSR count). The number of aryl methyl sites for hydroxylation is 2. The molecule has 1 atom stereocenters. The van der Waals surface area contributed by atoms with Crippen molar-refractivity contribution in [2.24, 2.45) is 0 Å². The van der Waals surface area contributed by atoms with Crippen molar-refractivity contribution >= 4 is 40.9 Å². The molecule has 188 valence electrons.